The molecule has 2 aromatic rings. The predicted octanol–water partition coefficient (Wildman–Crippen LogP) is 5.16. The number of imide groups is 1. The molecule has 10 heteroatoms. The normalized spacial score (nSPS) is 22.0. The van der Waals surface area contributed by atoms with E-state index >= 15 is 0 Å². The van der Waals surface area contributed by atoms with E-state index in [1.807, 2.05) is 51.1 Å². The molecule has 9 nitrogen and oxygen atoms in total. The number of esters is 2. The van der Waals surface area contributed by atoms with E-state index < -0.39 is 40.6 Å². The highest BCUT2D eigenvalue weighted by Gasteiger charge is 2.65. The Kier molecular flexibility index (Phi) is 8.45. The number of hydrogen-bond acceptors (Lipinski definition) is 8. The number of amides is 3. The summed E-state index contributed by atoms with van der Waals surface area (Å²) in [5.41, 5.74) is -0.205. The third-order valence-electron chi connectivity index (χ3n) is 8.73. The van der Waals surface area contributed by atoms with Crippen LogP contribution in [0.2, 0.25) is 0 Å². The van der Waals surface area contributed by atoms with Crippen molar-refractivity contribution in [1.29, 1.82) is 0 Å². The SMILES string of the molecule is CCOC(=O)c1c(NC(=O)C(Cc2ccccc2)N2C(=O)C3CCC(C)(C2=O)C3(C)C)sc(C(=O)OC(C)C)c1C. The summed E-state index contributed by atoms with van der Waals surface area (Å²) in [6, 6.07) is 7.99. The quantitative estimate of drug-likeness (QED) is 0.320. The van der Waals surface area contributed by atoms with Crippen molar-refractivity contribution in [3.8, 4) is 0 Å². The summed E-state index contributed by atoms with van der Waals surface area (Å²) in [6.45, 7) is 12.5. The number of thiophene rings is 1. The first kappa shape index (κ1) is 30.4. The number of hydrogen-bond donors (Lipinski definition) is 1. The first-order valence-electron chi connectivity index (χ1n) is 14.0. The molecular formula is C31H38N2O7S. The van der Waals surface area contributed by atoms with Crippen LogP contribution >= 0.6 is 11.3 Å². The van der Waals surface area contributed by atoms with Crippen LogP contribution < -0.4 is 5.32 Å². The fourth-order valence-corrected chi connectivity index (χ4v) is 7.07. The summed E-state index contributed by atoms with van der Waals surface area (Å²) in [5, 5.41) is 2.89. The van der Waals surface area contributed by atoms with Gasteiger partial charge in [-0.3, -0.25) is 19.3 Å². The fraction of sp³-hybridized carbons (Fsp3) is 0.516. The number of likely N-dealkylation sites (tertiary alicyclic amines) is 1. The molecule has 4 rings (SSSR count). The lowest BCUT2D eigenvalue weighted by Gasteiger charge is -2.49. The summed E-state index contributed by atoms with van der Waals surface area (Å²) < 4.78 is 10.6. The molecule has 1 saturated heterocycles. The number of nitrogens with zero attached hydrogens (tertiary/aromatic N) is 1. The Labute approximate surface area is 244 Å². The fourth-order valence-electron chi connectivity index (χ4n) is 5.99. The van der Waals surface area contributed by atoms with Gasteiger partial charge in [-0.2, -0.15) is 0 Å². The average molecular weight is 583 g/mol. The van der Waals surface area contributed by atoms with E-state index in [0.717, 1.165) is 21.8 Å². The van der Waals surface area contributed by atoms with Gasteiger partial charge in [0.1, 0.15) is 15.9 Å². The monoisotopic (exact) mass is 582 g/mol. The first-order chi connectivity index (χ1) is 19.2. The van der Waals surface area contributed by atoms with E-state index in [1.54, 1.807) is 27.7 Å². The van der Waals surface area contributed by atoms with Crippen LogP contribution in [0.15, 0.2) is 30.3 Å². The Morgan fingerprint density at radius 3 is 2.37 bits per heavy atom. The van der Waals surface area contributed by atoms with E-state index in [-0.39, 0.29) is 46.4 Å². The minimum atomic E-state index is -1.17. The summed E-state index contributed by atoms with van der Waals surface area (Å²) in [4.78, 5) is 69.0. The number of piperidine rings is 1. The number of carbonyl (C=O) groups excluding carboxylic acids is 5. The highest BCUT2D eigenvalue weighted by molar-refractivity contribution is 7.18. The standard InChI is InChI=1S/C31H38N2O7S/c1-8-39-27(36)22-18(4)23(28(37)40-17(2)3)41-25(22)32-24(34)21(16-19-12-10-9-11-13-19)33-26(35)20-14-15-31(7,29(33)38)30(20,5)6/h9-13,17,20-21H,8,14-16H2,1-7H3,(H,32,34). The number of anilines is 1. The van der Waals surface area contributed by atoms with Gasteiger partial charge in [-0.25, -0.2) is 9.59 Å². The Balaban J connectivity index is 1.76. The van der Waals surface area contributed by atoms with E-state index in [1.165, 1.54) is 0 Å². The van der Waals surface area contributed by atoms with Crippen LogP contribution in [-0.2, 0) is 30.3 Å². The molecule has 1 saturated carbocycles. The van der Waals surface area contributed by atoms with Crippen molar-refractivity contribution in [2.75, 3.05) is 11.9 Å². The molecule has 1 aromatic heterocycles. The molecule has 3 unspecified atom stereocenters. The predicted molar refractivity (Wildman–Crippen MR) is 155 cm³/mol. The number of fused-ring (bicyclic) bond motifs is 2. The van der Waals surface area contributed by atoms with Crippen molar-refractivity contribution in [2.45, 2.75) is 79.9 Å². The number of nitrogens with one attached hydrogen (secondary N) is 1. The Bertz CT molecular complexity index is 1380. The lowest BCUT2D eigenvalue weighted by molar-refractivity contribution is -0.172. The van der Waals surface area contributed by atoms with Crippen molar-refractivity contribution >= 4 is 46.0 Å². The minimum Gasteiger partial charge on any atom is -0.462 e. The molecule has 220 valence electrons. The molecule has 2 heterocycles. The summed E-state index contributed by atoms with van der Waals surface area (Å²) in [6.07, 6.45) is 0.835. The molecule has 3 atom stereocenters. The molecule has 1 aromatic carbocycles. The summed E-state index contributed by atoms with van der Waals surface area (Å²) in [7, 11) is 0. The molecule has 2 bridgehead atoms. The summed E-state index contributed by atoms with van der Waals surface area (Å²) in [5.74, 6) is -3.08. The third-order valence-corrected chi connectivity index (χ3v) is 9.92. The van der Waals surface area contributed by atoms with Crippen LogP contribution in [-0.4, -0.2) is 53.3 Å². The second kappa shape index (κ2) is 11.4. The summed E-state index contributed by atoms with van der Waals surface area (Å²) >= 11 is 0.907. The molecule has 0 radical (unpaired) electrons. The first-order valence-corrected chi connectivity index (χ1v) is 14.8. The third kappa shape index (κ3) is 5.29. The van der Waals surface area contributed by atoms with Crippen LogP contribution in [0.5, 0.6) is 0 Å². The molecular weight excluding hydrogens is 544 g/mol. The van der Waals surface area contributed by atoms with Gasteiger partial charge in [0.2, 0.25) is 17.7 Å². The zero-order valence-corrected chi connectivity index (χ0v) is 25.5. The van der Waals surface area contributed by atoms with Crippen molar-refractivity contribution < 1.29 is 33.4 Å². The van der Waals surface area contributed by atoms with E-state index in [2.05, 4.69) is 5.32 Å². The maximum absolute atomic E-state index is 14.1. The smallest absolute Gasteiger partial charge is 0.348 e. The largest absolute Gasteiger partial charge is 0.462 e. The number of rotatable bonds is 9. The molecule has 1 aliphatic carbocycles. The minimum absolute atomic E-state index is 0.0452. The van der Waals surface area contributed by atoms with Crippen molar-refractivity contribution in [3.05, 3.63) is 51.9 Å². The van der Waals surface area contributed by atoms with Gasteiger partial charge in [-0.15, -0.1) is 11.3 Å². The van der Waals surface area contributed by atoms with Crippen molar-refractivity contribution in [1.82, 2.24) is 4.90 Å². The highest BCUT2D eigenvalue weighted by Crippen LogP contribution is 2.60. The van der Waals surface area contributed by atoms with Crippen molar-refractivity contribution in [3.63, 3.8) is 0 Å². The topological polar surface area (TPSA) is 119 Å². The van der Waals surface area contributed by atoms with Crippen LogP contribution in [0.4, 0.5) is 5.00 Å². The second-order valence-corrected chi connectivity index (χ2v) is 12.8. The van der Waals surface area contributed by atoms with Gasteiger partial charge >= 0.3 is 11.9 Å². The molecule has 2 aliphatic rings. The zero-order chi connectivity index (χ0) is 30.3. The Hall–Kier alpha value is -3.53. The van der Waals surface area contributed by atoms with Crippen molar-refractivity contribution in [2.24, 2.45) is 16.7 Å². The molecule has 41 heavy (non-hydrogen) atoms. The van der Waals surface area contributed by atoms with Gasteiger partial charge in [0.05, 0.1) is 23.7 Å². The van der Waals surface area contributed by atoms with Gasteiger partial charge < -0.3 is 14.8 Å². The average Bonchev–Trinajstić information content (AvgIpc) is 3.32. The van der Waals surface area contributed by atoms with Gasteiger partial charge in [-0.05, 0) is 57.1 Å². The number of carbonyl (C=O) groups is 5. The van der Waals surface area contributed by atoms with Gasteiger partial charge in [-0.1, -0.05) is 51.1 Å². The molecule has 1 aliphatic heterocycles. The lowest BCUT2D eigenvalue weighted by atomic mass is 9.62. The van der Waals surface area contributed by atoms with Gasteiger partial charge in [0, 0.05) is 12.3 Å². The van der Waals surface area contributed by atoms with Crippen LogP contribution in [0, 0.1) is 23.7 Å². The van der Waals surface area contributed by atoms with Crippen LogP contribution in [0.25, 0.3) is 0 Å². The maximum atomic E-state index is 14.1. The number of ether oxygens (including phenoxy) is 2. The molecule has 2 fully saturated rings. The molecule has 1 N–H and O–H groups in total. The molecule has 3 amide bonds. The van der Waals surface area contributed by atoms with Crippen LogP contribution in [0.1, 0.15) is 85.5 Å². The second-order valence-electron chi connectivity index (χ2n) is 11.8. The van der Waals surface area contributed by atoms with Gasteiger partial charge in [0.15, 0.2) is 0 Å². The van der Waals surface area contributed by atoms with E-state index in [9.17, 15) is 24.0 Å². The van der Waals surface area contributed by atoms with Crippen LogP contribution in [0.3, 0.4) is 0 Å². The lowest BCUT2D eigenvalue weighted by Crippen LogP contribution is -2.64. The number of benzene rings is 1. The van der Waals surface area contributed by atoms with E-state index in [4.69, 9.17) is 9.47 Å². The Morgan fingerprint density at radius 1 is 1.10 bits per heavy atom. The Morgan fingerprint density at radius 2 is 1.76 bits per heavy atom. The van der Waals surface area contributed by atoms with E-state index in [0.29, 0.717) is 18.4 Å². The zero-order valence-electron chi connectivity index (χ0n) is 24.7. The highest BCUT2D eigenvalue weighted by atomic mass is 32.1. The maximum Gasteiger partial charge on any atom is 0.348 e. The molecule has 0 spiro atoms. The van der Waals surface area contributed by atoms with Gasteiger partial charge in [0.25, 0.3) is 0 Å².